The van der Waals surface area contributed by atoms with Gasteiger partial charge in [0, 0.05) is 27.7 Å². The van der Waals surface area contributed by atoms with Crippen LogP contribution in [0.15, 0.2) is 0 Å². The number of hydrogen-bond donors (Lipinski definition) is 1. The van der Waals surface area contributed by atoms with Crippen LogP contribution in [-0.4, -0.2) is 78.9 Å². The summed E-state index contributed by atoms with van der Waals surface area (Å²) >= 11 is 0. The van der Waals surface area contributed by atoms with Gasteiger partial charge in [-0.2, -0.15) is 0 Å². The Labute approximate surface area is 166 Å². The predicted octanol–water partition coefficient (Wildman–Crippen LogP) is -1.00. The van der Waals surface area contributed by atoms with E-state index < -0.39 is 73.1 Å². The van der Waals surface area contributed by atoms with Gasteiger partial charge in [0.15, 0.2) is 12.2 Å². The summed E-state index contributed by atoms with van der Waals surface area (Å²) in [6, 6.07) is 0. The quantitative estimate of drug-likeness (QED) is 0.395. The maximum atomic E-state index is 12.1. The van der Waals surface area contributed by atoms with Gasteiger partial charge in [-0.15, -0.1) is 0 Å². The molecule has 0 aromatic carbocycles. The van der Waals surface area contributed by atoms with Gasteiger partial charge in [-0.3, -0.25) is 19.2 Å². The number of methoxy groups -OCH3 is 1. The van der Waals surface area contributed by atoms with Gasteiger partial charge in [0.1, 0.15) is 18.8 Å². The molecule has 12 nitrogen and oxygen atoms in total. The van der Waals surface area contributed by atoms with Crippen molar-refractivity contribution in [2.24, 2.45) is 0 Å². The first-order chi connectivity index (χ1) is 13.4. The Bertz CT molecular complexity index is 659. The highest BCUT2D eigenvalue weighted by molar-refractivity contribution is 5.78. The lowest BCUT2D eigenvalue weighted by Gasteiger charge is -2.44. The van der Waals surface area contributed by atoms with Crippen LogP contribution in [0.5, 0.6) is 0 Å². The Morgan fingerprint density at radius 3 is 2.03 bits per heavy atom. The van der Waals surface area contributed by atoms with Gasteiger partial charge in [-0.25, -0.2) is 4.79 Å². The topological polar surface area (TPSA) is 161 Å². The molecule has 0 radical (unpaired) electrons. The average molecular weight is 420 g/mol. The standard InChI is InChI=1S/C17H24O12/c1-8(18)25-7-13(27-10(3)20)15-14(28-11(4)21)12(26-9(2)19)6-17(23,29-15)16(22)24-5/h12-15,23H,6-7H2,1-5H3/t12-,13-,14-,15-,17?/m1/s1. The fourth-order valence-electron chi connectivity index (χ4n) is 2.78. The van der Waals surface area contributed by atoms with Crippen LogP contribution in [0.25, 0.3) is 0 Å². The summed E-state index contributed by atoms with van der Waals surface area (Å²) < 4.78 is 30.1. The summed E-state index contributed by atoms with van der Waals surface area (Å²) in [5, 5.41) is 10.6. The number of carbonyl (C=O) groups excluding carboxylic acids is 5. The Balaban J connectivity index is 3.40. The number of ether oxygens (including phenoxy) is 6. The summed E-state index contributed by atoms with van der Waals surface area (Å²) in [5.74, 6) is -6.99. The molecule has 1 aliphatic rings. The van der Waals surface area contributed by atoms with Crippen molar-refractivity contribution >= 4 is 29.8 Å². The Morgan fingerprint density at radius 2 is 1.59 bits per heavy atom. The molecule has 0 aliphatic carbocycles. The van der Waals surface area contributed by atoms with Gasteiger partial charge in [0.2, 0.25) is 0 Å². The Kier molecular flexibility index (Phi) is 8.52. The molecule has 1 saturated heterocycles. The van der Waals surface area contributed by atoms with Gasteiger partial charge in [0.25, 0.3) is 5.79 Å². The van der Waals surface area contributed by atoms with Crippen molar-refractivity contribution in [1.82, 2.24) is 0 Å². The number of hydrogen-bond acceptors (Lipinski definition) is 12. The van der Waals surface area contributed by atoms with Crippen LogP contribution in [0.4, 0.5) is 0 Å². The first-order valence-corrected chi connectivity index (χ1v) is 8.53. The summed E-state index contributed by atoms with van der Waals surface area (Å²) in [5.41, 5.74) is 0. The molecule has 1 fully saturated rings. The third-order valence-corrected chi connectivity index (χ3v) is 3.76. The molecule has 5 atom stereocenters. The molecule has 12 heteroatoms. The highest BCUT2D eigenvalue weighted by Gasteiger charge is 2.57. The van der Waals surface area contributed by atoms with Gasteiger partial charge in [0.05, 0.1) is 13.5 Å². The second-order valence-electron chi connectivity index (χ2n) is 6.23. The summed E-state index contributed by atoms with van der Waals surface area (Å²) in [6.07, 6.45) is -6.37. The number of aliphatic hydroxyl groups is 1. The second kappa shape index (κ2) is 10.2. The van der Waals surface area contributed by atoms with E-state index >= 15 is 0 Å². The average Bonchev–Trinajstić information content (AvgIpc) is 2.58. The molecule has 1 aliphatic heterocycles. The minimum absolute atomic E-state index is 0.554. The lowest BCUT2D eigenvalue weighted by molar-refractivity contribution is -0.313. The molecule has 0 aromatic rings. The minimum atomic E-state index is -2.62. The van der Waals surface area contributed by atoms with Crippen LogP contribution in [0.1, 0.15) is 34.1 Å². The minimum Gasteiger partial charge on any atom is -0.465 e. The summed E-state index contributed by atoms with van der Waals surface area (Å²) in [4.78, 5) is 57.9. The van der Waals surface area contributed by atoms with Gasteiger partial charge in [-0.05, 0) is 0 Å². The molecular formula is C17H24O12. The number of rotatable bonds is 7. The Hall–Kier alpha value is -2.73. The zero-order chi connectivity index (χ0) is 22.4. The SMILES string of the molecule is COC(=O)C1(O)C[C@@H](OC(C)=O)[C@@H](OC(C)=O)[C@@H]([C@@H](COC(C)=O)OC(C)=O)O1. The van der Waals surface area contributed by atoms with Crippen LogP contribution >= 0.6 is 0 Å². The van der Waals surface area contributed by atoms with Crippen molar-refractivity contribution in [3.8, 4) is 0 Å². The third-order valence-electron chi connectivity index (χ3n) is 3.76. The van der Waals surface area contributed by atoms with Crippen molar-refractivity contribution in [3.63, 3.8) is 0 Å². The van der Waals surface area contributed by atoms with E-state index in [0.29, 0.717) is 0 Å². The van der Waals surface area contributed by atoms with Crippen LogP contribution in [0, 0.1) is 0 Å². The zero-order valence-electron chi connectivity index (χ0n) is 16.7. The van der Waals surface area contributed by atoms with Crippen molar-refractivity contribution in [3.05, 3.63) is 0 Å². The molecule has 29 heavy (non-hydrogen) atoms. The smallest absolute Gasteiger partial charge is 0.366 e. The maximum Gasteiger partial charge on any atom is 0.366 e. The number of carbonyl (C=O) groups is 5. The Morgan fingerprint density at radius 1 is 1.00 bits per heavy atom. The fraction of sp³-hybridized carbons (Fsp3) is 0.706. The molecule has 0 aromatic heterocycles. The lowest BCUT2D eigenvalue weighted by Crippen LogP contribution is -2.64. The van der Waals surface area contributed by atoms with Gasteiger partial charge < -0.3 is 33.5 Å². The van der Waals surface area contributed by atoms with Crippen LogP contribution in [-0.2, 0) is 52.4 Å². The van der Waals surface area contributed by atoms with E-state index in [9.17, 15) is 29.1 Å². The van der Waals surface area contributed by atoms with Crippen molar-refractivity contribution < 1.29 is 57.5 Å². The third kappa shape index (κ3) is 6.98. The van der Waals surface area contributed by atoms with Crippen molar-refractivity contribution in [1.29, 1.82) is 0 Å². The first kappa shape index (κ1) is 24.3. The first-order valence-electron chi connectivity index (χ1n) is 8.53. The van der Waals surface area contributed by atoms with Gasteiger partial charge in [-0.1, -0.05) is 0 Å². The largest absolute Gasteiger partial charge is 0.465 e. The normalized spacial score (nSPS) is 27.2. The fourth-order valence-corrected chi connectivity index (χ4v) is 2.78. The molecule has 1 unspecified atom stereocenters. The van der Waals surface area contributed by atoms with E-state index in [1.807, 2.05) is 0 Å². The summed E-state index contributed by atoms with van der Waals surface area (Å²) in [6.45, 7) is 3.73. The monoisotopic (exact) mass is 420 g/mol. The van der Waals surface area contributed by atoms with E-state index in [1.165, 1.54) is 0 Å². The zero-order valence-corrected chi connectivity index (χ0v) is 16.7. The van der Waals surface area contributed by atoms with E-state index in [-0.39, 0.29) is 0 Å². The van der Waals surface area contributed by atoms with E-state index in [0.717, 1.165) is 34.8 Å². The lowest BCUT2D eigenvalue weighted by atomic mass is 9.92. The highest BCUT2D eigenvalue weighted by atomic mass is 16.7. The summed E-state index contributed by atoms with van der Waals surface area (Å²) in [7, 11) is 0.986. The second-order valence-corrected chi connectivity index (χ2v) is 6.23. The van der Waals surface area contributed by atoms with E-state index in [1.54, 1.807) is 0 Å². The van der Waals surface area contributed by atoms with Crippen LogP contribution < -0.4 is 0 Å². The molecule has 1 heterocycles. The van der Waals surface area contributed by atoms with Crippen LogP contribution in [0.3, 0.4) is 0 Å². The molecular weight excluding hydrogens is 396 g/mol. The van der Waals surface area contributed by atoms with E-state index in [2.05, 4.69) is 4.74 Å². The van der Waals surface area contributed by atoms with Crippen LogP contribution in [0.2, 0.25) is 0 Å². The maximum absolute atomic E-state index is 12.1. The number of esters is 5. The molecule has 1 rings (SSSR count). The van der Waals surface area contributed by atoms with Crippen molar-refractivity contribution in [2.45, 2.75) is 64.3 Å². The van der Waals surface area contributed by atoms with Crippen molar-refractivity contribution in [2.75, 3.05) is 13.7 Å². The predicted molar refractivity (Wildman–Crippen MR) is 89.8 cm³/mol. The molecule has 0 saturated carbocycles. The molecule has 1 N–H and O–H groups in total. The van der Waals surface area contributed by atoms with E-state index in [4.69, 9.17) is 23.7 Å². The molecule has 0 spiro atoms. The van der Waals surface area contributed by atoms with Gasteiger partial charge >= 0.3 is 29.8 Å². The molecule has 164 valence electrons. The molecule has 0 bridgehead atoms. The highest BCUT2D eigenvalue weighted by Crippen LogP contribution is 2.34. The molecule has 0 amide bonds.